The lowest BCUT2D eigenvalue weighted by atomic mass is 10.1. The van der Waals surface area contributed by atoms with Crippen LogP contribution in [0.1, 0.15) is 6.23 Å². The molecule has 11 nitrogen and oxygen atoms in total. The Morgan fingerprint density at radius 1 is 1.12 bits per heavy atom. The number of rotatable bonds is 6. The zero-order valence-electron chi connectivity index (χ0n) is 12.6. The summed E-state index contributed by atoms with van der Waals surface area (Å²) in [4.78, 5) is 12.3. The summed E-state index contributed by atoms with van der Waals surface area (Å²) in [6.45, 7) is -1.02. The number of aliphatic hydroxyl groups excluding tert-OH is 5. The first-order valence-corrected chi connectivity index (χ1v) is 7.39. The van der Waals surface area contributed by atoms with Gasteiger partial charge in [-0.1, -0.05) is 0 Å². The Hall–Kier alpha value is -1.89. The lowest BCUT2D eigenvalue weighted by molar-refractivity contribution is -0.0511. The predicted molar refractivity (Wildman–Crippen MR) is 79.9 cm³/mol. The van der Waals surface area contributed by atoms with E-state index < -0.39 is 37.2 Å². The minimum atomic E-state index is -1.26. The van der Waals surface area contributed by atoms with E-state index in [2.05, 4.69) is 20.3 Å². The van der Waals surface area contributed by atoms with E-state index >= 15 is 0 Å². The van der Waals surface area contributed by atoms with Gasteiger partial charge in [0.05, 0.1) is 32.2 Å². The average Bonchev–Trinajstić information content (AvgIpc) is 3.15. The maximum absolute atomic E-state index is 10.1. The highest BCUT2D eigenvalue weighted by Crippen LogP contribution is 2.32. The molecule has 1 aliphatic rings. The van der Waals surface area contributed by atoms with E-state index in [1.165, 1.54) is 17.2 Å². The van der Waals surface area contributed by atoms with Crippen LogP contribution in [-0.4, -0.2) is 89.2 Å². The van der Waals surface area contributed by atoms with Crippen LogP contribution < -0.4 is 5.32 Å². The molecule has 0 bridgehead atoms. The number of hydrogen-bond acceptors (Lipinski definition) is 10. The van der Waals surface area contributed by atoms with Gasteiger partial charge < -0.3 is 35.6 Å². The summed E-state index contributed by atoms with van der Waals surface area (Å²) in [5.74, 6) is 0.304. The maximum atomic E-state index is 10.1. The summed E-state index contributed by atoms with van der Waals surface area (Å²) >= 11 is 0. The molecule has 3 rings (SSSR count). The van der Waals surface area contributed by atoms with Crippen molar-refractivity contribution in [1.29, 1.82) is 0 Å². The number of nitrogens with one attached hydrogen (secondary N) is 1. The fourth-order valence-corrected chi connectivity index (χ4v) is 2.60. The highest BCUT2D eigenvalue weighted by molar-refractivity contribution is 5.82. The van der Waals surface area contributed by atoms with Gasteiger partial charge in [-0.2, -0.15) is 0 Å². The molecule has 0 amide bonds. The Balaban J connectivity index is 1.94. The first-order chi connectivity index (χ1) is 11.6. The summed E-state index contributed by atoms with van der Waals surface area (Å²) in [7, 11) is 0. The van der Waals surface area contributed by atoms with Gasteiger partial charge in [-0.05, 0) is 0 Å². The minimum absolute atomic E-state index is 0.294. The Labute approximate surface area is 136 Å². The second-order valence-corrected chi connectivity index (χ2v) is 5.48. The largest absolute Gasteiger partial charge is 0.394 e. The molecular weight excluding hydrogens is 322 g/mol. The van der Waals surface area contributed by atoms with Crippen LogP contribution >= 0.6 is 0 Å². The van der Waals surface area contributed by atoms with Crippen molar-refractivity contribution in [1.82, 2.24) is 19.5 Å². The van der Waals surface area contributed by atoms with Crippen LogP contribution in [0.15, 0.2) is 12.7 Å². The Kier molecular flexibility index (Phi) is 4.89. The molecule has 1 aliphatic heterocycles. The topological polar surface area (TPSA) is 166 Å². The minimum Gasteiger partial charge on any atom is -0.394 e. The highest BCUT2D eigenvalue weighted by atomic mass is 16.6. The predicted octanol–water partition coefficient (Wildman–Crippen LogP) is -2.80. The van der Waals surface area contributed by atoms with Crippen molar-refractivity contribution in [3.63, 3.8) is 0 Å². The van der Waals surface area contributed by atoms with E-state index in [9.17, 15) is 15.3 Å². The third kappa shape index (κ3) is 2.81. The Bertz CT molecular complexity index is 693. The van der Waals surface area contributed by atoms with Gasteiger partial charge in [-0.3, -0.25) is 4.57 Å². The summed E-state index contributed by atoms with van der Waals surface area (Å²) in [5.41, 5.74) is 0.680. The van der Waals surface area contributed by atoms with Crippen molar-refractivity contribution in [2.75, 3.05) is 25.1 Å². The van der Waals surface area contributed by atoms with Gasteiger partial charge in [-0.15, -0.1) is 0 Å². The van der Waals surface area contributed by atoms with Gasteiger partial charge in [0.2, 0.25) is 0 Å². The van der Waals surface area contributed by atoms with Crippen molar-refractivity contribution in [2.45, 2.75) is 30.6 Å². The first-order valence-electron chi connectivity index (χ1n) is 7.39. The number of aliphatic hydroxyl groups is 5. The van der Waals surface area contributed by atoms with Crippen molar-refractivity contribution in [2.24, 2.45) is 0 Å². The highest BCUT2D eigenvalue weighted by Gasteiger charge is 2.44. The Morgan fingerprint density at radius 2 is 1.88 bits per heavy atom. The van der Waals surface area contributed by atoms with Crippen molar-refractivity contribution < 1.29 is 30.3 Å². The van der Waals surface area contributed by atoms with Crippen LogP contribution in [0.2, 0.25) is 0 Å². The molecule has 3 heterocycles. The van der Waals surface area contributed by atoms with E-state index in [0.717, 1.165) is 0 Å². The third-order valence-electron chi connectivity index (χ3n) is 3.93. The lowest BCUT2D eigenvalue weighted by Gasteiger charge is -2.17. The van der Waals surface area contributed by atoms with E-state index in [1.807, 2.05) is 0 Å². The molecule has 0 aliphatic carbocycles. The molecule has 1 fully saturated rings. The van der Waals surface area contributed by atoms with Crippen LogP contribution in [0, 0.1) is 0 Å². The van der Waals surface area contributed by atoms with Gasteiger partial charge >= 0.3 is 0 Å². The summed E-state index contributed by atoms with van der Waals surface area (Å²) in [6.07, 6.45) is -1.72. The average molecular weight is 341 g/mol. The number of anilines is 1. The van der Waals surface area contributed by atoms with Crippen LogP contribution in [0.5, 0.6) is 0 Å². The van der Waals surface area contributed by atoms with Crippen LogP contribution in [0.4, 0.5) is 5.82 Å². The third-order valence-corrected chi connectivity index (χ3v) is 3.93. The molecule has 0 radical (unpaired) electrons. The number of hydrogen-bond donors (Lipinski definition) is 6. The number of imidazole rings is 1. The fourth-order valence-electron chi connectivity index (χ4n) is 2.60. The van der Waals surface area contributed by atoms with Gasteiger partial charge in [0.15, 0.2) is 23.2 Å². The van der Waals surface area contributed by atoms with E-state index in [0.29, 0.717) is 17.0 Å². The molecule has 24 heavy (non-hydrogen) atoms. The van der Waals surface area contributed by atoms with Crippen molar-refractivity contribution in [3.8, 4) is 0 Å². The summed E-state index contributed by atoms with van der Waals surface area (Å²) in [5, 5.41) is 50.3. The molecular formula is C13H19N5O6. The maximum Gasteiger partial charge on any atom is 0.167 e. The number of fused-ring (bicyclic) bond motifs is 1. The monoisotopic (exact) mass is 341 g/mol. The van der Waals surface area contributed by atoms with Gasteiger partial charge in [0, 0.05) is 0 Å². The number of aromatic nitrogens is 4. The summed E-state index contributed by atoms with van der Waals surface area (Å²) < 4.78 is 6.89. The molecule has 2 aromatic heterocycles. The number of ether oxygens (including phenoxy) is 1. The van der Waals surface area contributed by atoms with E-state index in [-0.39, 0.29) is 13.2 Å². The molecule has 4 atom stereocenters. The molecule has 1 saturated heterocycles. The van der Waals surface area contributed by atoms with E-state index in [4.69, 9.17) is 14.9 Å². The second kappa shape index (κ2) is 6.93. The van der Waals surface area contributed by atoms with Crippen molar-refractivity contribution in [3.05, 3.63) is 12.7 Å². The normalized spacial score (nSPS) is 27.2. The number of nitrogens with zero attached hydrogens (tertiary/aromatic N) is 4. The first kappa shape index (κ1) is 17.0. The van der Waals surface area contributed by atoms with Crippen LogP contribution in [-0.2, 0) is 4.74 Å². The van der Waals surface area contributed by atoms with Gasteiger partial charge in [-0.25, -0.2) is 15.0 Å². The van der Waals surface area contributed by atoms with Gasteiger partial charge in [0.1, 0.15) is 24.6 Å². The quantitative estimate of drug-likeness (QED) is 0.323. The molecule has 2 aromatic rings. The zero-order chi connectivity index (χ0) is 17.3. The second-order valence-electron chi connectivity index (χ2n) is 5.48. The summed E-state index contributed by atoms with van der Waals surface area (Å²) in [6, 6.07) is -0.609. The molecule has 6 N–H and O–H groups in total. The van der Waals surface area contributed by atoms with Gasteiger partial charge in [0.25, 0.3) is 0 Å². The molecule has 0 aromatic carbocycles. The smallest absolute Gasteiger partial charge is 0.167 e. The van der Waals surface area contributed by atoms with Crippen LogP contribution in [0.25, 0.3) is 11.2 Å². The zero-order valence-corrected chi connectivity index (χ0v) is 12.6. The standard InChI is InChI=1S/C13H19N5O6/c19-1-6(2-20)17-11-8-12(15-4-14-11)18(5-16-8)13-10(23)9(22)7(3-21)24-13/h4-7,9-10,13,19-23H,1-3H2,(H,14,15,17)/t7-,9?,10+,13-/m1/s1. The van der Waals surface area contributed by atoms with Crippen molar-refractivity contribution >= 4 is 17.0 Å². The Morgan fingerprint density at radius 3 is 2.50 bits per heavy atom. The van der Waals surface area contributed by atoms with E-state index in [1.54, 1.807) is 0 Å². The molecule has 132 valence electrons. The van der Waals surface area contributed by atoms with Crippen LogP contribution in [0.3, 0.4) is 0 Å². The molecule has 0 saturated carbocycles. The molecule has 1 unspecified atom stereocenters. The SMILES string of the molecule is OCC(CO)Nc1ncnc2c1ncn2[C@@H]1O[C@H](CO)C(O)[C@@H]1O. The molecule has 11 heteroatoms. The molecule has 0 spiro atoms. The fraction of sp³-hybridized carbons (Fsp3) is 0.615. The lowest BCUT2D eigenvalue weighted by Crippen LogP contribution is -2.33.